The molecule has 0 aromatic carbocycles. The Morgan fingerprint density at radius 2 is 1.45 bits per heavy atom. The minimum atomic E-state index is -0.539. The molecule has 0 radical (unpaired) electrons. The van der Waals surface area contributed by atoms with Crippen LogP contribution in [0.25, 0.3) is 0 Å². The van der Waals surface area contributed by atoms with Crippen molar-refractivity contribution >= 4 is 9.84 Å². The Balaban J connectivity index is 2.14. The van der Waals surface area contributed by atoms with Gasteiger partial charge in [0, 0.05) is 24.8 Å². The van der Waals surface area contributed by atoms with E-state index in [-0.39, 0.29) is 0 Å². The van der Waals surface area contributed by atoms with Crippen LogP contribution in [0, 0.1) is 0 Å². The molecule has 0 fully saturated rings. The van der Waals surface area contributed by atoms with Gasteiger partial charge in [-0.15, -0.1) is 0 Å². The van der Waals surface area contributed by atoms with Crippen molar-refractivity contribution in [2.45, 2.75) is 0 Å². The molecule has 4 nitrogen and oxygen atoms in total. The summed E-state index contributed by atoms with van der Waals surface area (Å²) in [5.41, 5.74) is 0. The summed E-state index contributed by atoms with van der Waals surface area (Å²) in [6, 6.07) is 3.85. The average Bonchev–Trinajstić information content (AvgIpc) is 2.60. The zero-order valence-corrected chi connectivity index (χ0v) is 7.37. The molecule has 2 aromatic heterocycles. The van der Waals surface area contributed by atoms with Gasteiger partial charge in [0.1, 0.15) is 0 Å². The van der Waals surface area contributed by atoms with Gasteiger partial charge in [-0.05, 0) is 12.1 Å². The Kier molecular flexibility index (Phi) is 1.56. The van der Waals surface area contributed by atoms with Gasteiger partial charge in [0.25, 0.3) is 9.84 Å². The predicted octanol–water partition coefficient (Wildman–Crippen LogP) is -0.525. The highest BCUT2D eigenvalue weighted by Gasteiger charge is 1.92. The summed E-state index contributed by atoms with van der Waals surface area (Å²) in [6.45, 7) is 0. The van der Waals surface area contributed by atoms with Crippen molar-refractivity contribution in [3.63, 3.8) is 0 Å². The average molecular weight is 164 g/mol. The standard InChI is InChI=1S/C6H8N4Si/c1-3-7-9(5-1)11-10-6-2-4-8-10/h1-6H,11H2. The first-order chi connectivity index (χ1) is 5.45. The maximum Gasteiger partial charge on any atom is 0.278 e. The number of hydrogen-bond donors (Lipinski definition) is 0. The minimum Gasteiger partial charge on any atom is -0.283 e. The van der Waals surface area contributed by atoms with Crippen LogP contribution >= 0.6 is 0 Å². The molecule has 0 saturated carbocycles. The molecular formula is C6H8N4Si. The lowest BCUT2D eigenvalue weighted by Crippen LogP contribution is -2.17. The molecule has 0 N–H and O–H groups in total. The van der Waals surface area contributed by atoms with Crippen molar-refractivity contribution in [3.05, 3.63) is 36.9 Å². The van der Waals surface area contributed by atoms with Crippen molar-refractivity contribution in [1.82, 2.24) is 18.9 Å². The fourth-order valence-electron chi connectivity index (χ4n) is 0.917. The smallest absolute Gasteiger partial charge is 0.278 e. The lowest BCUT2D eigenvalue weighted by atomic mass is 10.8. The van der Waals surface area contributed by atoms with Gasteiger partial charge in [0.2, 0.25) is 0 Å². The third kappa shape index (κ3) is 1.37. The number of rotatable bonds is 2. The molecule has 0 bridgehead atoms. The fourth-order valence-corrected chi connectivity index (χ4v) is 1.98. The van der Waals surface area contributed by atoms with Crippen LogP contribution < -0.4 is 0 Å². The molecule has 2 aromatic rings. The summed E-state index contributed by atoms with van der Waals surface area (Å²) < 4.78 is 3.90. The maximum absolute atomic E-state index is 4.11. The van der Waals surface area contributed by atoms with Gasteiger partial charge in [-0.3, -0.25) is 8.69 Å². The second kappa shape index (κ2) is 2.71. The van der Waals surface area contributed by atoms with Crippen LogP contribution in [0.4, 0.5) is 0 Å². The lowest BCUT2D eigenvalue weighted by molar-refractivity contribution is 0.884. The third-order valence-corrected chi connectivity index (χ3v) is 2.74. The largest absolute Gasteiger partial charge is 0.283 e. The van der Waals surface area contributed by atoms with E-state index in [1.54, 1.807) is 12.4 Å². The van der Waals surface area contributed by atoms with Crippen LogP contribution in [0.2, 0.25) is 0 Å². The molecule has 0 spiro atoms. The van der Waals surface area contributed by atoms with Gasteiger partial charge >= 0.3 is 0 Å². The van der Waals surface area contributed by atoms with Gasteiger partial charge in [-0.25, -0.2) is 0 Å². The van der Waals surface area contributed by atoms with E-state index < -0.39 is 9.84 Å². The Labute approximate surface area is 66.4 Å². The topological polar surface area (TPSA) is 35.6 Å². The summed E-state index contributed by atoms with van der Waals surface area (Å²) in [7, 11) is -0.539. The van der Waals surface area contributed by atoms with E-state index in [0.717, 1.165) is 0 Å². The number of aromatic nitrogens is 4. The zero-order valence-electron chi connectivity index (χ0n) is 5.96. The van der Waals surface area contributed by atoms with E-state index in [1.807, 2.05) is 33.2 Å². The Morgan fingerprint density at radius 1 is 0.909 bits per heavy atom. The predicted molar refractivity (Wildman–Crippen MR) is 43.8 cm³/mol. The first kappa shape index (κ1) is 6.35. The minimum absolute atomic E-state index is 0.539. The molecule has 11 heavy (non-hydrogen) atoms. The molecular weight excluding hydrogens is 156 g/mol. The SMILES string of the molecule is c1cnn([SiH2]n2cccn2)c1. The molecule has 0 aliphatic carbocycles. The van der Waals surface area contributed by atoms with Crippen molar-refractivity contribution in [2.24, 2.45) is 0 Å². The van der Waals surface area contributed by atoms with Crippen LogP contribution in [0.3, 0.4) is 0 Å². The molecule has 5 heteroatoms. The Hall–Kier alpha value is -1.36. The first-order valence-electron chi connectivity index (χ1n) is 3.40. The van der Waals surface area contributed by atoms with Crippen molar-refractivity contribution in [2.75, 3.05) is 0 Å². The van der Waals surface area contributed by atoms with Gasteiger partial charge in [0.15, 0.2) is 0 Å². The number of nitrogens with zero attached hydrogens (tertiary/aromatic N) is 4. The van der Waals surface area contributed by atoms with Crippen LogP contribution in [0.1, 0.15) is 0 Å². The maximum atomic E-state index is 4.11. The van der Waals surface area contributed by atoms with Gasteiger partial charge in [0.05, 0.1) is 0 Å². The molecule has 0 saturated heterocycles. The first-order valence-corrected chi connectivity index (χ1v) is 4.66. The van der Waals surface area contributed by atoms with Crippen LogP contribution in [0.15, 0.2) is 36.9 Å². The van der Waals surface area contributed by atoms with Gasteiger partial charge in [-0.2, -0.15) is 10.2 Å². The van der Waals surface area contributed by atoms with E-state index in [2.05, 4.69) is 10.2 Å². The van der Waals surface area contributed by atoms with Crippen molar-refractivity contribution < 1.29 is 0 Å². The second-order valence-corrected chi connectivity index (χ2v) is 3.81. The van der Waals surface area contributed by atoms with Crippen molar-refractivity contribution in [1.29, 1.82) is 0 Å². The third-order valence-electron chi connectivity index (χ3n) is 1.41. The molecule has 2 heterocycles. The summed E-state index contributed by atoms with van der Waals surface area (Å²) in [6.07, 6.45) is 7.51. The van der Waals surface area contributed by atoms with Crippen molar-refractivity contribution in [3.8, 4) is 0 Å². The molecule has 0 unspecified atom stereocenters. The Morgan fingerprint density at radius 3 is 1.82 bits per heavy atom. The molecule has 2 rings (SSSR count). The van der Waals surface area contributed by atoms with E-state index in [1.165, 1.54) is 0 Å². The monoisotopic (exact) mass is 164 g/mol. The Bertz CT molecular complexity index is 267. The highest BCUT2D eigenvalue weighted by molar-refractivity contribution is 6.30. The second-order valence-electron chi connectivity index (χ2n) is 2.23. The van der Waals surface area contributed by atoms with Crippen LogP contribution in [0.5, 0.6) is 0 Å². The molecule has 0 amide bonds. The van der Waals surface area contributed by atoms with E-state index in [9.17, 15) is 0 Å². The van der Waals surface area contributed by atoms with Crippen LogP contribution in [-0.4, -0.2) is 28.7 Å². The molecule has 56 valence electrons. The summed E-state index contributed by atoms with van der Waals surface area (Å²) >= 11 is 0. The normalized spacial score (nSPS) is 10.2. The summed E-state index contributed by atoms with van der Waals surface area (Å²) in [5, 5.41) is 8.22. The summed E-state index contributed by atoms with van der Waals surface area (Å²) in [4.78, 5) is 0. The number of hydrogen-bond acceptors (Lipinski definition) is 2. The van der Waals surface area contributed by atoms with E-state index >= 15 is 0 Å². The fraction of sp³-hybridized carbons (Fsp3) is 0. The van der Waals surface area contributed by atoms with Gasteiger partial charge in [-0.1, -0.05) is 0 Å². The van der Waals surface area contributed by atoms with Gasteiger partial charge < -0.3 is 0 Å². The lowest BCUT2D eigenvalue weighted by Gasteiger charge is -1.98. The molecule has 0 aliphatic rings. The summed E-state index contributed by atoms with van der Waals surface area (Å²) in [5.74, 6) is 0. The quantitative estimate of drug-likeness (QED) is 0.560. The highest BCUT2D eigenvalue weighted by atomic mass is 28.2. The van der Waals surface area contributed by atoms with E-state index in [4.69, 9.17) is 0 Å². The van der Waals surface area contributed by atoms with Crippen LogP contribution in [-0.2, 0) is 0 Å². The van der Waals surface area contributed by atoms with E-state index in [0.29, 0.717) is 0 Å². The highest BCUT2D eigenvalue weighted by Crippen LogP contribution is 1.83. The molecule has 0 atom stereocenters. The molecule has 0 aliphatic heterocycles. The zero-order chi connectivity index (χ0) is 7.52.